The molecule has 132 valence electrons. The van der Waals surface area contributed by atoms with Crippen LogP contribution in [0.3, 0.4) is 0 Å². The number of aryl methyl sites for hydroxylation is 1. The fraction of sp³-hybridized carbons (Fsp3) is 0.211. The highest BCUT2D eigenvalue weighted by atomic mass is 35.5. The number of methoxy groups -OCH3 is 1. The number of para-hydroxylation sites is 1. The summed E-state index contributed by atoms with van der Waals surface area (Å²) in [5, 5.41) is 12.1. The van der Waals surface area contributed by atoms with Crippen molar-refractivity contribution in [2.45, 2.75) is 12.8 Å². The molecule has 0 radical (unpaired) electrons. The molecule has 1 aliphatic rings. The van der Waals surface area contributed by atoms with E-state index in [1.165, 1.54) is 5.56 Å². The molecular weight excluding hydrogens is 350 g/mol. The minimum absolute atomic E-state index is 0.532. The first-order valence-electron chi connectivity index (χ1n) is 8.40. The Morgan fingerprint density at radius 3 is 2.92 bits per heavy atom. The maximum Gasteiger partial charge on any atom is 0.251 e. The molecule has 0 fully saturated rings. The van der Waals surface area contributed by atoms with E-state index in [0.717, 1.165) is 30.8 Å². The zero-order valence-corrected chi connectivity index (χ0v) is 15.1. The van der Waals surface area contributed by atoms with Crippen molar-refractivity contribution in [1.82, 2.24) is 15.2 Å². The van der Waals surface area contributed by atoms with Crippen LogP contribution in [0.5, 0.6) is 5.75 Å². The monoisotopic (exact) mass is 367 g/mol. The van der Waals surface area contributed by atoms with E-state index in [4.69, 9.17) is 16.3 Å². The lowest BCUT2D eigenvalue weighted by atomic mass is 10.0. The third-order valence-corrected chi connectivity index (χ3v) is 4.62. The highest BCUT2D eigenvalue weighted by Gasteiger charge is 2.20. The number of nitrogens with one attached hydrogen (secondary N) is 1. The van der Waals surface area contributed by atoms with Gasteiger partial charge in [0.25, 0.3) is 5.95 Å². The minimum atomic E-state index is 0.532. The van der Waals surface area contributed by atoms with Crippen molar-refractivity contribution in [2.24, 2.45) is 0 Å². The van der Waals surface area contributed by atoms with Crippen LogP contribution in [0.25, 0.3) is 0 Å². The van der Waals surface area contributed by atoms with Crippen LogP contribution in [0, 0.1) is 0 Å². The summed E-state index contributed by atoms with van der Waals surface area (Å²) in [7, 11) is 1.59. The normalized spacial score (nSPS) is 13.2. The largest absolute Gasteiger partial charge is 0.495 e. The molecule has 4 rings (SSSR count). The molecule has 0 amide bonds. The number of nitrogens with zero attached hydrogens (tertiary/aromatic N) is 4. The molecule has 26 heavy (non-hydrogen) atoms. The lowest BCUT2D eigenvalue weighted by Gasteiger charge is -2.29. The summed E-state index contributed by atoms with van der Waals surface area (Å²) in [6.45, 7) is 0.872. The van der Waals surface area contributed by atoms with Gasteiger partial charge in [-0.2, -0.15) is 10.1 Å². The maximum absolute atomic E-state index is 6.18. The van der Waals surface area contributed by atoms with Gasteiger partial charge in [-0.15, -0.1) is 5.10 Å². The molecule has 1 N–H and O–H groups in total. The first-order valence-corrected chi connectivity index (χ1v) is 8.78. The van der Waals surface area contributed by atoms with Gasteiger partial charge in [0.15, 0.2) is 5.82 Å². The van der Waals surface area contributed by atoms with Crippen LogP contribution in [0.4, 0.5) is 23.1 Å². The lowest BCUT2D eigenvalue weighted by Crippen LogP contribution is -2.26. The number of benzene rings is 2. The predicted octanol–water partition coefficient (Wildman–Crippen LogP) is 4.36. The van der Waals surface area contributed by atoms with Gasteiger partial charge in [-0.05, 0) is 42.7 Å². The van der Waals surface area contributed by atoms with Crippen LogP contribution in [0.1, 0.15) is 12.0 Å². The zero-order chi connectivity index (χ0) is 17.9. The Morgan fingerprint density at radius 1 is 1.19 bits per heavy atom. The van der Waals surface area contributed by atoms with Gasteiger partial charge in [-0.25, -0.2) is 0 Å². The van der Waals surface area contributed by atoms with Crippen LogP contribution >= 0.6 is 11.6 Å². The molecule has 0 spiro atoms. The van der Waals surface area contributed by atoms with Crippen molar-refractivity contribution in [3.05, 3.63) is 59.2 Å². The van der Waals surface area contributed by atoms with E-state index in [9.17, 15) is 0 Å². The van der Waals surface area contributed by atoms with E-state index in [-0.39, 0.29) is 0 Å². The quantitative estimate of drug-likeness (QED) is 0.739. The van der Waals surface area contributed by atoms with Crippen LogP contribution in [0.15, 0.2) is 48.7 Å². The number of aromatic nitrogens is 3. The summed E-state index contributed by atoms with van der Waals surface area (Å²) in [5.41, 5.74) is 3.26. The van der Waals surface area contributed by atoms with E-state index < -0.39 is 0 Å². The Morgan fingerprint density at radius 2 is 2.08 bits per heavy atom. The van der Waals surface area contributed by atoms with E-state index in [1.54, 1.807) is 25.4 Å². The second kappa shape index (κ2) is 7.17. The number of fused-ring (bicyclic) bond motifs is 1. The molecule has 6 nitrogen and oxygen atoms in total. The third kappa shape index (κ3) is 3.28. The van der Waals surface area contributed by atoms with Crippen molar-refractivity contribution >= 4 is 34.7 Å². The van der Waals surface area contributed by atoms with Gasteiger partial charge in [-0.3, -0.25) is 0 Å². The van der Waals surface area contributed by atoms with Crippen LogP contribution in [0.2, 0.25) is 5.02 Å². The van der Waals surface area contributed by atoms with Crippen LogP contribution < -0.4 is 15.0 Å². The Hall–Kier alpha value is -2.86. The number of anilines is 4. The first kappa shape index (κ1) is 16.6. The molecular formula is C19H18ClN5O. The summed E-state index contributed by atoms with van der Waals surface area (Å²) in [6.07, 6.45) is 3.73. The number of rotatable bonds is 4. The van der Waals surface area contributed by atoms with Crippen molar-refractivity contribution in [3.63, 3.8) is 0 Å². The summed E-state index contributed by atoms with van der Waals surface area (Å²) in [5.74, 6) is 1.82. The Labute approximate surface area is 156 Å². The molecule has 2 aromatic carbocycles. The second-order valence-electron chi connectivity index (χ2n) is 6.00. The van der Waals surface area contributed by atoms with Crippen molar-refractivity contribution in [1.29, 1.82) is 0 Å². The van der Waals surface area contributed by atoms with Gasteiger partial charge in [0, 0.05) is 17.9 Å². The minimum Gasteiger partial charge on any atom is -0.495 e. The van der Waals surface area contributed by atoms with Crippen molar-refractivity contribution in [3.8, 4) is 5.75 Å². The Balaban J connectivity index is 1.61. The molecule has 2 heterocycles. The number of hydrogen-bond acceptors (Lipinski definition) is 6. The third-order valence-electron chi connectivity index (χ3n) is 4.32. The lowest BCUT2D eigenvalue weighted by molar-refractivity contribution is 0.415. The molecule has 0 unspecified atom stereocenters. The summed E-state index contributed by atoms with van der Waals surface area (Å²) in [6, 6.07) is 13.8. The smallest absolute Gasteiger partial charge is 0.251 e. The molecule has 0 saturated heterocycles. The van der Waals surface area contributed by atoms with Gasteiger partial charge in [-0.1, -0.05) is 29.8 Å². The van der Waals surface area contributed by atoms with Crippen LogP contribution in [-0.2, 0) is 6.42 Å². The van der Waals surface area contributed by atoms with Gasteiger partial charge in [0.2, 0.25) is 0 Å². The second-order valence-corrected chi connectivity index (χ2v) is 6.41. The van der Waals surface area contributed by atoms with E-state index >= 15 is 0 Å². The van der Waals surface area contributed by atoms with Gasteiger partial charge in [0.1, 0.15) is 5.75 Å². The molecule has 3 aromatic rings. The fourth-order valence-electron chi connectivity index (χ4n) is 3.10. The maximum atomic E-state index is 6.18. The molecule has 1 aromatic heterocycles. The summed E-state index contributed by atoms with van der Waals surface area (Å²) < 4.78 is 5.18. The Kier molecular flexibility index (Phi) is 4.58. The van der Waals surface area contributed by atoms with Crippen molar-refractivity contribution < 1.29 is 4.74 Å². The molecule has 7 heteroatoms. The molecule has 1 aliphatic heterocycles. The van der Waals surface area contributed by atoms with Crippen molar-refractivity contribution in [2.75, 3.05) is 23.9 Å². The summed E-state index contributed by atoms with van der Waals surface area (Å²) >= 11 is 6.18. The SMILES string of the molecule is COc1ccc(Nc2cnnc(N3CCCc4ccccc43)n2)cc1Cl. The molecule has 0 bridgehead atoms. The van der Waals surface area contributed by atoms with E-state index in [2.05, 4.69) is 43.6 Å². The first-order chi connectivity index (χ1) is 12.7. The molecule has 0 aliphatic carbocycles. The average molecular weight is 368 g/mol. The highest BCUT2D eigenvalue weighted by Crippen LogP contribution is 2.32. The topological polar surface area (TPSA) is 63.2 Å². The zero-order valence-electron chi connectivity index (χ0n) is 14.3. The Bertz CT molecular complexity index is 933. The van der Waals surface area contributed by atoms with Gasteiger partial charge >= 0.3 is 0 Å². The molecule has 0 atom stereocenters. The number of ether oxygens (including phenoxy) is 1. The van der Waals surface area contributed by atoms with E-state index in [1.807, 2.05) is 12.1 Å². The summed E-state index contributed by atoms with van der Waals surface area (Å²) in [4.78, 5) is 6.74. The van der Waals surface area contributed by atoms with Gasteiger partial charge in [0.05, 0.1) is 18.3 Å². The predicted molar refractivity (Wildman–Crippen MR) is 103 cm³/mol. The highest BCUT2D eigenvalue weighted by molar-refractivity contribution is 6.32. The number of hydrogen-bond donors (Lipinski definition) is 1. The fourth-order valence-corrected chi connectivity index (χ4v) is 3.36. The van der Waals surface area contributed by atoms with Crippen LogP contribution in [-0.4, -0.2) is 28.8 Å². The standard InChI is InChI=1S/C19H18ClN5O/c1-26-17-9-8-14(11-15(17)20)22-18-12-21-24-19(23-18)25-10-4-6-13-5-2-3-7-16(13)25/h2-3,5,7-9,11-12H,4,6,10H2,1H3,(H,22,23,24). The molecule has 0 saturated carbocycles. The average Bonchev–Trinajstić information content (AvgIpc) is 2.68. The van der Waals surface area contributed by atoms with E-state index in [0.29, 0.717) is 22.5 Å². The number of halogens is 1. The van der Waals surface area contributed by atoms with Gasteiger partial charge < -0.3 is 15.0 Å².